The molecular formula is C8H6Br2N4. The lowest BCUT2D eigenvalue weighted by atomic mass is 10.2. The van der Waals surface area contributed by atoms with Crippen LogP contribution in [0.2, 0.25) is 0 Å². The van der Waals surface area contributed by atoms with Crippen LogP contribution in [0.1, 0.15) is 0 Å². The van der Waals surface area contributed by atoms with Crippen molar-refractivity contribution in [2.75, 3.05) is 11.5 Å². The number of hydrogen-bond donors (Lipinski definition) is 2. The van der Waals surface area contributed by atoms with Gasteiger partial charge in [-0.15, -0.1) is 0 Å². The lowest BCUT2D eigenvalue weighted by Gasteiger charge is -2.04. The second-order valence-electron chi connectivity index (χ2n) is 2.75. The Bertz CT molecular complexity index is 465. The summed E-state index contributed by atoms with van der Waals surface area (Å²) < 4.78 is 1.75. The standard InChI is InChI=1S/C8H6Br2N4/c9-3-1-4-6(5(10)2-3)13-8(12)14-7(4)11/h1-2H,(H4,11,12,13,14). The Hall–Kier alpha value is -0.880. The largest absolute Gasteiger partial charge is 0.383 e. The molecule has 0 fully saturated rings. The van der Waals surface area contributed by atoms with Gasteiger partial charge in [-0.25, -0.2) is 4.98 Å². The highest BCUT2D eigenvalue weighted by Gasteiger charge is 2.07. The number of aromatic nitrogens is 2. The van der Waals surface area contributed by atoms with E-state index in [9.17, 15) is 0 Å². The predicted molar refractivity (Wildman–Crippen MR) is 63.8 cm³/mol. The maximum absolute atomic E-state index is 5.72. The number of nitrogens with zero attached hydrogens (tertiary/aromatic N) is 2. The number of halogens is 2. The molecule has 6 heteroatoms. The van der Waals surface area contributed by atoms with Crippen molar-refractivity contribution in [3.8, 4) is 0 Å². The average Bonchev–Trinajstić information content (AvgIpc) is 2.07. The van der Waals surface area contributed by atoms with Crippen molar-refractivity contribution in [2.45, 2.75) is 0 Å². The first-order chi connectivity index (χ1) is 6.58. The van der Waals surface area contributed by atoms with Crippen molar-refractivity contribution in [2.24, 2.45) is 0 Å². The Balaban J connectivity index is 2.94. The second kappa shape index (κ2) is 3.36. The van der Waals surface area contributed by atoms with E-state index in [1.807, 2.05) is 12.1 Å². The number of benzene rings is 1. The number of anilines is 2. The third-order valence-electron chi connectivity index (χ3n) is 1.77. The normalized spacial score (nSPS) is 10.7. The quantitative estimate of drug-likeness (QED) is 0.781. The van der Waals surface area contributed by atoms with E-state index in [0.717, 1.165) is 19.8 Å². The summed E-state index contributed by atoms with van der Waals surface area (Å²) in [7, 11) is 0. The summed E-state index contributed by atoms with van der Waals surface area (Å²) in [6, 6.07) is 3.74. The van der Waals surface area contributed by atoms with Crippen molar-refractivity contribution in [1.29, 1.82) is 0 Å². The van der Waals surface area contributed by atoms with Crippen LogP contribution in [-0.4, -0.2) is 9.97 Å². The van der Waals surface area contributed by atoms with Gasteiger partial charge in [0.1, 0.15) is 5.82 Å². The molecule has 4 nitrogen and oxygen atoms in total. The maximum Gasteiger partial charge on any atom is 0.222 e. The van der Waals surface area contributed by atoms with Crippen LogP contribution in [-0.2, 0) is 0 Å². The van der Waals surface area contributed by atoms with Crippen LogP contribution in [0.4, 0.5) is 11.8 Å². The van der Waals surface area contributed by atoms with E-state index in [-0.39, 0.29) is 5.95 Å². The highest BCUT2D eigenvalue weighted by Crippen LogP contribution is 2.29. The van der Waals surface area contributed by atoms with Gasteiger partial charge in [0.25, 0.3) is 0 Å². The molecule has 0 atom stereocenters. The minimum Gasteiger partial charge on any atom is -0.383 e. The molecule has 1 aromatic heterocycles. The SMILES string of the molecule is Nc1nc(N)c2cc(Br)cc(Br)c2n1. The minimum atomic E-state index is 0.179. The summed E-state index contributed by atoms with van der Waals surface area (Å²) in [5.41, 5.74) is 11.9. The summed E-state index contributed by atoms with van der Waals surface area (Å²) in [4.78, 5) is 7.98. The molecular weight excluding hydrogens is 312 g/mol. The molecule has 0 radical (unpaired) electrons. The van der Waals surface area contributed by atoms with Crippen LogP contribution < -0.4 is 11.5 Å². The number of fused-ring (bicyclic) bond motifs is 1. The van der Waals surface area contributed by atoms with Crippen molar-refractivity contribution in [1.82, 2.24) is 9.97 Å². The maximum atomic E-state index is 5.72. The van der Waals surface area contributed by atoms with E-state index in [2.05, 4.69) is 41.8 Å². The number of rotatable bonds is 0. The minimum absolute atomic E-state index is 0.179. The lowest BCUT2D eigenvalue weighted by Crippen LogP contribution is -2.00. The third kappa shape index (κ3) is 1.55. The molecule has 2 rings (SSSR count). The van der Waals surface area contributed by atoms with Crippen LogP contribution >= 0.6 is 31.9 Å². The fraction of sp³-hybridized carbons (Fsp3) is 0. The second-order valence-corrected chi connectivity index (χ2v) is 4.52. The Morgan fingerprint density at radius 3 is 2.50 bits per heavy atom. The Labute approximate surface area is 97.0 Å². The van der Waals surface area contributed by atoms with Gasteiger partial charge in [-0.05, 0) is 28.1 Å². The lowest BCUT2D eigenvalue weighted by molar-refractivity contribution is 1.24. The summed E-state index contributed by atoms with van der Waals surface area (Å²) >= 11 is 6.75. The molecule has 0 amide bonds. The van der Waals surface area contributed by atoms with Gasteiger partial charge < -0.3 is 11.5 Å². The topological polar surface area (TPSA) is 77.8 Å². The Kier molecular flexibility index (Phi) is 2.32. The van der Waals surface area contributed by atoms with Crippen LogP contribution in [0, 0.1) is 0 Å². The van der Waals surface area contributed by atoms with Crippen molar-refractivity contribution in [3.63, 3.8) is 0 Å². The summed E-state index contributed by atoms with van der Waals surface area (Å²) in [5.74, 6) is 0.563. The third-order valence-corrected chi connectivity index (χ3v) is 2.83. The van der Waals surface area contributed by atoms with Crippen LogP contribution in [0.25, 0.3) is 10.9 Å². The molecule has 0 bridgehead atoms. The summed E-state index contributed by atoms with van der Waals surface area (Å²) in [6.07, 6.45) is 0. The molecule has 1 heterocycles. The highest BCUT2D eigenvalue weighted by molar-refractivity contribution is 9.11. The number of nitrogens with two attached hydrogens (primary N) is 2. The van der Waals surface area contributed by atoms with Crippen molar-refractivity contribution < 1.29 is 0 Å². The van der Waals surface area contributed by atoms with Gasteiger partial charge in [0.05, 0.1) is 5.52 Å². The average molecular weight is 318 g/mol. The fourth-order valence-electron chi connectivity index (χ4n) is 1.20. The molecule has 0 saturated carbocycles. The van der Waals surface area contributed by atoms with E-state index in [1.165, 1.54) is 0 Å². The van der Waals surface area contributed by atoms with Gasteiger partial charge in [0.2, 0.25) is 5.95 Å². The molecule has 4 N–H and O–H groups in total. The van der Waals surface area contributed by atoms with E-state index < -0.39 is 0 Å². The molecule has 0 aliphatic heterocycles. The molecule has 2 aromatic rings. The van der Waals surface area contributed by atoms with Gasteiger partial charge in [-0.2, -0.15) is 4.98 Å². The molecule has 0 aliphatic rings. The first kappa shape index (κ1) is 9.67. The zero-order chi connectivity index (χ0) is 10.3. The smallest absolute Gasteiger partial charge is 0.222 e. The Morgan fingerprint density at radius 1 is 1.07 bits per heavy atom. The van der Waals surface area contributed by atoms with Gasteiger partial charge in [0, 0.05) is 14.3 Å². The van der Waals surface area contributed by atoms with Crippen molar-refractivity contribution in [3.05, 3.63) is 21.1 Å². The van der Waals surface area contributed by atoms with E-state index in [1.54, 1.807) is 0 Å². The van der Waals surface area contributed by atoms with Crippen molar-refractivity contribution >= 4 is 54.5 Å². The molecule has 72 valence electrons. The van der Waals surface area contributed by atoms with Gasteiger partial charge in [0.15, 0.2) is 0 Å². The summed E-state index contributed by atoms with van der Waals surface area (Å²) in [6.45, 7) is 0. The van der Waals surface area contributed by atoms with Crippen LogP contribution in [0.3, 0.4) is 0 Å². The first-order valence-electron chi connectivity index (χ1n) is 3.75. The molecule has 0 saturated heterocycles. The van der Waals surface area contributed by atoms with E-state index in [0.29, 0.717) is 5.82 Å². The molecule has 0 unspecified atom stereocenters. The number of nitrogen functional groups attached to an aromatic ring is 2. The monoisotopic (exact) mass is 316 g/mol. The van der Waals surface area contributed by atoms with E-state index >= 15 is 0 Å². The molecule has 0 aliphatic carbocycles. The zero-order valence-corrected chi connectivity index (χ0v) is 10.1. The van der Waals surface area contributed by atoms with Crippen LogP contribution in [0.5, 0.6) is 0 Å². The van der Waals surface area contributed by atoms with E-state index in [4.69, 9.17) is 11.5 Å². The van der Waals surface area contributed by atoms with Gasteiger partial charge >= 0.3 is 0 Å². The number of hydrogen-bond acceptors (Lipinski definition) is 4. The molecule has 1 aromatic carbocycles. The predicted octanol–water partition coefficient (Wildman–Crippen LogP) is 2.32. The highest BCUT2D eigenvalue weighted by atomic mass is 79.9. The van der Waals surface area contributed by atoms with Crippen LogP contribution in [0.15, 0.2) is 21.1 Å². The first-order valence-corrected chi connectivity index (χ1v) is 5.34. The van der Waals surface area contributed by atoms with Gasteiger partial charge in [-0.3, -0.25) is 0 Å². The fourth-order valence-corrected chi connectivity index (χ4v) is 2.51. The van der Waals surface area contributed by atoms with Gasteiger partial charge in [-0.1, -0.05) is 15.9 Å². The molecule has 0 spiro atoms. The summed E-state index contributed by atoms with van der Waals surface area (Å²) in [5, 5.41) is 0.778. The Morgan fingerprint density at radius 2 is 1.79 bits per heavy atom. The zero-order valence-electron chi connectivity index (χ0n) is 6.96. The molecule has 14 heavy (non-hydrogen) atoms.